The van der Waals surface area contributed by atoms with Gasteiger partial charge < -0.3 is 15.4 Å². The zero-order valence-corrected chi connectivity index (χ0v) is 14.7. The number of nitrogens with zero attached hydrogens (tertiary/aromatic N) is 2. The van der Waals surface area contributed by atoms with E-state index in [-0.39, 0.29) is 12.1 Å². The molecule has 0 radical (unpaired) electrons. The van der Waals surface area contributed by atoms with E-state index in [0.29, 0.717) is 6.54 Å². The smallest absolute Gasteiger partial charge is 0.410 e. The Kier molecular flexibility index (Phi) is 5.52. The highest BCUT2D eigenvalue weighted by molar-refractivity contribution is 5.68. The first-order valence-corrected chi connectivity index (χ1v) is 8.34. The van der Waals surface area contributed by atoms with Crippen LogP contribution in [-0.2, 0) is 4.74 Å². The van der Waals surface area contributed by atoms with Crippen LogP contribution >= 0.6 is 0 Å². The number of nitrogens with two attached hydrogens (primary N) is 1. The number of benzene rings is 1. The highest BCUT2D eigenvalue weighted by Crippen LogP contribution is 2.23. The molecule has 1 aromatic rings. The summed E-state index contributed by atoms with van der Waals surface area (Å²) in [6.07, 6.45) is 0.738. The van der Waals surface area contributed by atoms with E-state index in [9.17, 15) is 4.79 Å². The van der Waals surface area contributed by atoms with E-state index in [1.165, 1.54) is 5.56 Å². The summed E-state index contributed by atoms with van der Waals surface area (Å²) in [5.74, 6) is 0. The van der Waals surface area contributed by atoms with E-state index in [1.807, 2.05) is 43.9 Å². The van der Waals surface area contributed by atoms with E-state index in [4.69, 9.17) is 10.5 Å². The Balaban J connectivity index is 1.97. The fraction of sp³-hybridized carbons (Fsp3) is 0.611. The van der Waals surface area contributed by atoms with Crippen molar-refractivity contribution in [3.8, 4) is 0 Å². The lowest BCUT2D eigenvalue weighted by molar-refractivity contribution is 0.0255. The predicted octanol–water partition coefficient (Wildman–Crippen LogP) is 3.27. The lowest BCUT2D eigenvalue weighted by Crippen LogP contribution is -2.39. The van der Waals surface area contributed by atoms with Crippen molar-refractivity contribution in [2.75, 3.05) is 31.9 Å². The Labute approximate surface area is 139 Å². The third kappa shape index (κ3) is 5.13. The number of nitrogen functional groups attached to an aromatic ring is 1. The number of carbonyl (C=O) groups excluding carboxylic acids is 1. The fourth-order valence-corrected chi connectivity index (χ4v) is 2.86. The van der Waals surface area contributed by atoms with E-state index < -0.39 is 5.60 Å². The number of anilines is 1. The zero-order chi connectivity index (χ0) is 17.0. The van der Waals surface area contributed by atoms with Gasteiger partial charge in [-0.1, -0.05) is 12.1 Å². The maximum Gasteiger partial charge on any atom is 0.410 e. The van der Waals surface area contributed by atoms with Gasteiger partial charge in [-0.05, 0) is 51.8 Å². The van der Waals surface area contributed by atoms with Gasteiger partial charge in [0.15, 0.2) is 0 Å². The third-order valence-electron chi connectivity index (χ3n) is 4.12. The van der Waals surface area contributed by atoms with Crippen LogP contribution in [-0.4, -0.2) is 47.7 Å². The van der Waals surface area contributed by atoms with Crippen LogP contribution < -0.4 is 5.73 Å². The van der Waals surface area contributed by atoms with Crippen molar-refractivity contribution >= 4 is 11.8 Å². The van der Waals surface area contributed by atoms with Crippen LogP contribution in [0.2, 0.25) is 0 Å². The van der Waals surface area contributed by atoms with Crippen LogP contribution in [0.5, 0.6) is 0 Å². The second-order valence-corrected chi connectivity index (χ2v) is 7.20. The van der Waals surface area contributed by atoms with Gasteiger partial charge in [-0.25, -0.2) is 4.79 Å². The minimum Gasteiger partial charge on any atom is -0.444 e. The second-order valence-electron chi connectivity index (χ2n) is 7.20. The summed E-state index contributed by atoms with van der Waals surface area (Å²) >= 11 is 0. The topological polar surface area (TPSA) is 58.8 Å². The highest BCUT2D eigenvalue weighted by atomic mass is 16.6. The van der Waals surface area contributed by atoms with Gasteiger partial charge in [0, 0.05) is 37.9 Å². The summed E-state index contributed by atoms with van der Waals surface area (Å²) in [6, 6.07) is 8.32. The number of ether oxygens (including phenoxy) is 1. The Morgan fingerprint density at radius 2 is 1.96 bits per heavy atom. The maximum atomic E-state index is 12.2. The molecule has 1 unspecified atom stereocenters. The molecule has 1 aliphatic heterocycles. The fourth-order valence-electron chi connectivity index (χ4n) is 2.86. The average Bonchev–Trinajstić information content (AvgIpc) is 2.70. The molecule has 1 aromatic carbocycles. The number of rotatable bonds is 2. The molecule has 1 aliphatic rings. The van der Waals surface area contributed by atoms with Crippen molar-refractivity contribution in [3.05, 3.63) is 29.8 Å². The molecule has 0 spiro atoms. The van der Waals surface area contributed by atoms with Gasteiger partial charge in [0.05, 0.1) is 0 Å². The van der Waals surface area contributed by atoms with Gasteiger partial charge in [-0.2, -0.15) is 0 Å². The summed E-state index contributed by atoms with van der Waals surface area (Å²) in [5, 5.41) is 0. The van der Waals surface area contributed by atoms with Crippen molar-refractivity contribution in [1.29, 1.82) is 0 Å². The van der Waals surface area contributed by atoms with Crippen LogP contribution in [0.3, 0.4) is 0 Å². The molecule has 128 valence electrons. The molecule has 1 fully saturated rings. The number of hydrogen-bond acceptors (Lipinski definition) is 4. The molecular formula is C18H29N3O2. The molecule has 0 saturated carbocycles. The molecule has 0 bridgehead atoms. The molecule has 23 heavy (non-hydrogen) atoms. The van der Waals surface area contributed by atoms with Gasteiger partial charge in [-0.3, -0.25) is 4.90 Å². The van der Waals surface area contributed by atoms with Crippen LogP contribution in [0.15, 0.2) is 24.3 Å². The summed E-state index contributed by atoms with van der Waals surface area (Å²) in [7, 11) is 0. The Bertz CT molecular complexity index is 539. The van der Waals surface area contributed by atoms with Gasteiger partial charge in [-0.15, -0.1) is 0 Å². The Hall–Kier alpha value is -1.75. The number of hydrogen-bond donors (Lipinski definition) is 1. The minimum atomic E-state index is -0.446. The SMILES string of the molecule is CC(c1cccc(N)c1)N1CCCN(C(=O)OC(C)(C)C)CC1. The lowest BCUT2D eigenvalue weighted by atomic mass is 10.1. The van der Waals surface area contributed by atoms with Crippen molar-refractivity contribution < 1.29 is 9.53 Å². The van der Waals surface area contributed by atoms with Gasteiger partial charge >= 0.3 is 6.09 Å². The van der Waals surface area contributed by atoms with Gasteiger partial charge in [0.25, 0.3) is 0 Å². The normalized spacial score (nSPS) is 18.3. The lowest BCUT2D eigenvalue weighted by Gasteiger charge is -2.29. The minimum absolute atomic E-state index is 0.212. The monoisotopic (exact) mass is 319 g/mol. The second kappa shape index (κ2) is 7.21. The molecule has 1 atom stereocenters. The molecule has 2 N–H and O–H groups in total. The van der Waals surface area contributed by atoms with E-state index in [0.717, 1.165) is 31.7 Å². The van der Waals surface area contributed by atoms with Gasteiger partial charge in [0.1, 0.15) is 5.60 Å². The van der Waals surface area contributed by atoms with Gasteiger partial charge in [0.2, 0.25) is 0 Å². The standard InChI is InChI=1S/C18H29N3O2/c1-14(15-7-5-8-16(19)13-15)20-9-6-10-21(12-11-20)17(22)23-18(2,3)4/h5,7-8,13-14H,6,9-12,19H2,1-4H3. The molecule has 1 saturated heterocycles. The summed E-state index contributed by atoms with van der Waals surface area (Å²) in [6.45, 7) is 11.1. The van der Waals surface area contributed by atoms with Crippen molar-refractivity contribution in [2.45, 2.75) is 45.8 Å². The number of amides is 1. The molecule has 2 rings (SSSR count). The van der Waals surface area contributed by atoms with Crippen LogP contribution in [0, 0.1) is 0 Å². The maximum absolute atomic E-state index is 12.2. The molecule has 1 amide bonds. The van der Waals surface area contributed by atoms with E-state index in [2.05, 4.69) is 17.9 Å². The molecular weight excluding hydrogens is 290 g/mol. The Morgan fingerprint density at radius 1 is 1.22 bits per heavy atom. The van der Waals surface area contributed by atoms with Crippen LogP contribution in [0.1, 0.15) is 45.7 Å². The molecule has 0 aliphatic carbocycles. The number of carbonyl (C=O) groups is 1. The predicted molar refractivity (Wildman–Crippen MR) is 93.3 cm³/mol. The quantitative estimate of drug-likeness (QED) is 0.850. The third-order valence-corrected chi connectivity index (χ3v) is 4.12. The molecule has 0 aromatic heterocycles. The van der Waals surface area contributed by atoms with Crippen molar-refractivity contribution in [2.24, 2.45) is 0 Å². The van der Waals surface area contributed by atoms with Crippen molar-refractivity contribution in [3.63, 3.8) is 0 Å². The van der Waals surface area contributed by atoms with E-state index >= 15 is 0 Å². The zero-order valence-electron chi connectivity index (χ0n) is 14.7. The van der Waals surface area contributed by atoms with Crippen LogP contribution in [0.4, 0.5) is 10.5 Å². The van der Waals surface area contributed by atoms with Crippen LogP contribution in [0.25, 0.3) is 0 Å². The first-order valence-electron chi connectivity index (χ1n) is 8.34. The van der Waals surface area contributed by atoms with E-state index in [1.54, 1.807) is 0 Å². The first-order chi connectivity index (χ1) is 10.8. The largest absolute Gasteiger partial charge is 0.444 e. The van der Waals surface area contributed by atoms with Crippen molar-refractivity contribution in [1.82, 2.24) is 9.80 Å². The molecule has 5 nitrogen and oxygen atoms in total. The summed E-state index contributed by atoms with van der Waals surface area (Å²) in [4.78, 5) is 16.4. The first kappa shape index (κ1) is 17.6. The summed E-state index contributed by atoms with van der Waals surface area (Å²) < 4.78 is 5.48. The molecule has 1 heterocycles. The highest BCUT2D eigenvalue weighted by Gasteiger charge is 2.26. The Morgan fingerprint density at radius 3 is 2.61 bits per heavy atom. The molecule has 5 heteroatoms. The average molecular weight is 319 g/mol. The summed E-state index contributed by atoms with van der Waals surface area (Å²) in [5.41, 5.74) is 7.45.